The summed E-state index contributed by atoms with van der Waals surface area (Å²) in [6, 6.07) is 0. The highest BCUT2D eigenvalue weighted by Crippen LogP contribution is 2.26. The van der Waals surface area contributed by atoms with Crippen LogP contribution in [0.4, 0.5) is 0 Å². The molecule has 1 heterocycles. The molecule has 470 valence electrons. The number of hydrogen-bond acceptors (Lipinski definition) is 11. The lowest BCUT2D eigenvalue weighted by atomic mass is 9.98. The molecule has 0 radical (unpaired) electrons. The van der Waals surface area contributed by atoms with Gasteiger partial charge in [-0.1, -0.05) is 226 Å². The van der Waals surface area contributed by atoms with E-state index in [0.29, 0.717) is 19.3 Å². The lowest BCUT2D eigenvalue weighted by Gasteiger charge is -2.40. The van der Waals surface area contributed by atoms with Crippen molar-refractivity contribution in [1.29, 1.82) is 0 Å². The van der Waals surface area contributed by atoms with Crippen LogP contribution in [0.15, 0.2) is 122 Å². The number of carbonyl (C=O) groups is 4. The molecule has 0 aromatic rings. The Morgan fingerprint density at radius 2 is 0.759 bits per heavy atom. The monoisotopic (exact) mass is 1160 g/mol. The first kappa shape index (κ1) is 76.1. The van der Waals surface area contributed by atoms with Gasteiger partial charge in [-0.2, -0.15) is 0 Å². The van der Waals surface area contributed by atoms with Gasteiger partial charge < -0.3 is 39.0 Å². The summed E-state index contributed by atoms with van der Waals surface area (Å²) in [5.74, 6) is -3.21. The zero-order valence-electron chi connectivity index (χ0n) is 51.9. The van der Waals surface area contributed by atoms with Crippen LogP contribution in [-0.2, 0) is 42.9 Å². The average Bonchev–Trinajstić information content (AvgIpc) is 3.55. The molecule has 0 saturated carbocycles. The second kappa shape index (κ2) is 57.5. The highest BCUT2D eigenvalue weighted by molar-refractivity contribution is 5.74. The van der Waals surface area contributed by atoms with Gasteiger partial charge in [0.1, 0.15) is 18.8 Å². The number of allylic oxidation sites excluding steroid dienone is 20. The topological polar surface area (TPSA) is 175 Å². The molecule has 6 unspecified atom stereocenters. The van der Waals surface area contributed by atoms with E-state index < -0.39 is 67.3 Å². The van der Waals surface area contributed by atoms with E-state index in [1.807, 2.05) is 0 Å². The van der Waals surface area contributed by atoms with Gasteiger partial charge in [0.05, 0.1) is 6.61 Å². The van der Waals surface area contributed by atoms with Crippen molar-refractivity contribution >= 4 is 23.9 Å². The molecule has 0 spiro atoms. The van der Waals surface area contributed by atoms with Crippen LogP contribution in [-0.4, -0.2) is 89.2 Å². The van der Waals surface area contributed by atoms with E-state index in [9.17, 15) is 34.5 Å². The van der Waals surface area contributed by atoms with Gasteiger partial charge in [-0.25, -0.2) is 4.79 Å². The van der Waals surface area contributed by atoms with Crippen molar-refractivity contribution in [2.75, 3.05) is 13.2 Å². The Morgan fingerprint density at radius 3 is 1.18 bits per heavy atom. The third-order valence-corrected chi connectivity index (χ3v) is 14.0. The third-order valence-electron chi connectivity index (χ3n) is 14.0. The first-order chi connectivity index (χ1) is 40.6. The molecular formula is C71H114O12. The molecule has 0 aromatic carbocycles. The first-order valence-corrected chi connectivity index (χ1v) is 32.5. The van der Waals surface area contributed by atoms with E-state index in [1.165, 1.54) is 57.8 Å². The van der Waals surface area contributed by atoms with E-state index in [-0.39, 0.29) is 25.9 Å². The summed E-state index contributed by atoms with van der Waals surface area (Å²) in [5, 5.41) is 31.6. The molecule has 12 heteroatoms. The number of carbonyl (C=O) groups excluding carboxylic acids is 3. The molecule has 0 aromatic heterocycles. The number of aliphatic carboxylic acids is 1. The quantitative estimate of drug-likeness (QED) is 0.0228. The average molecular weight is 1160 g/mol. The molecule has 1 saturated heterocycles. The number of carboxylic acid groups (broad SMARTS) is 1. The summed E-state index contributed by atoms with van der Waals surface area (Å²) in [6.45, 7) is 5.74. The molecule has 1 aliphatic heterocycles. The molecule has 1 aliphatic rings. The predicted molar refractivity (Wildman–Crippen MR) is 340 cm³/mol. The Balaban J connectivity index is 2.71. The van der Waals surface area contributed by atoms with Crippen molar-refractivity contribution in [2.24, 2.45) is 0 Å². The number of rotatable bonds is 54. The van der Waals surface area contributed by atoms with Crippen molar-refractivity contribution in [3.05, 3.63) is 122 Å². The van der Waals surface area contributed by atoms with Gasteiger partial charge in [-0.05, 0) is 128 Å². The molecular weight excluding hydrogens is 1040 g/mol. The maximum absolute atomic E-state index is 13.2. The summed E-state index contributed by atoms with van der Waals surface area (Å²) in [6.07, 6.45) is 67.2. The fourth-order valence-electron chi connectivity index (χ4n) is 9.09. The largest absolute Gasteiger partial charge is 0.479 e. The molecule has 83 heavy (non-hydrogen) atoms. The van der Waals surface area contributed by atoms with E-state index in [0.717, 1.165) is 135 Å². The number of unbranched alkanes of at least 4 members (excludes halogenated alkanes) is 20. The Morgan fingerprint density at radius 1 is 0.410 bits per heavy atom. The van der Waals surface area contributed by atoms with Crippen LogP contribution in [0.2, 0.25) is 0 Å². The number of aliphatic hydroxyl groups excluding tert-OH is 2. The van der Waals surface area contributed by atoms with Crippen LogP contribution in [0.1, 0.15) is 252 Å². The van der Waals surface area contributed by atoms with Gasteiger partial charge in [-0.3, -0.25) is 14.4 Å². The van der Waals surface area contributed by atoms with Crippen molar-refractivity contribution in [3.8, 4) is 0 Å². The summed E-state index contributed by atoms with van der Waals surface area (Å²) >= 11 is 0. The van der Waals surface area contributed by atoms with Gasteiger partial charge in [0.15, 0.2) is 24.6 Å². The van der Waals surface area contributed by atoms with Crippen molar-refractivity contribution in [2.45, 2.75) is 289 Å². The number of carboxylic acids is 1. The normalized spacial score (nSPS) is 18.4. The standard InChI is InChI=1S/C71H114O12/c1-4-7-10-13-16-19-22-25-28-31-32-35-38-41-44-47-50-53-56-59-65(74)82-69-67(76)66(75)68(70(77)78)83-71(69)80-61-62(81-64(73)58-55-52-49-46-43-40-37-34-30-27-24-21-18-15-12-9-6-3)60-79-63(72)57-54-51-48-45-42-39-36-33-29-26-23-20-17-14-11-8-5-2/h7-8,10-11,16-17,19-20,25-30,32,35-36,39,41,44,62,66-69,71,75-76H,4-6,9,12-15,18,21-24,31,33-34,37-38,40,42-43,45-61H2,1-3H3,(H,77,78)/b10-7-,11-8-,19-16-,20-17-,28-25-,29-26-,30-27-,35-32-,39-36-,44-41-. The highest BCUT2D eigenvalue weighted by atomic mass is 16.7. The SMILES string of the molecule is CC/C=C\C/C=C\C/C=C\C/C=C\C/C=C\CCCCCC(=O)OC1C(OCC(COC(=O)CCCCCC/C=C\C/C=C\C/C=C\C/C=C\CC)OC(=O)CCCCCCCCC/C=C\CCCCCCCC)OC(C(=O)O)C(O)C1O. The molecule has 12 nitrogen and oxygen atoms in total. The Labute approximate surface area is 503 Å². The molecule has 6 atom stereocenters. The van der Waals surface area contributed by atoms with Gasteiger partial charge in [0.2, 0.25) is 0 Å². The van der Waals surface area contributed by atoms with Crippen LogP contribution in [0.25, 0.3) is 0 Å². The Kier molecular flexibility index (Phi) is 52.8. The van der Waals surface area contributed by atoms with Gasteiger partial charge in [-0.15, -0.1) is 0 Å². The molecule has 0 bridgehead atoms. The zero-order chi connectivity index (χ0) is 60.3. The number of esters is 3. The van der Waals surface area contributed by atoms with Gasteiger partial charge >= 0.3 is 23.9 Å². The van der Waals surface area contributed by atoms with Gasteiger partial charge in [0.25, 0.3) is 0 Å². The van der Waals surface area contributed by atoms with E-state index in [4.69, 9.17) is 23.7 Å². The van der Waals surface area contributed by atoms with Crippen LogP contribution < -0.4 is 0 Å². The smallest absolute Gasteiger partial charge is 0.335 e. The van der Waals surface area contributed by atoms with Crippen LogP contribution in [0.3, 0.4) is 0 Å². The predicted octanol–water partition coefficient (Wildman–Crippen LogP) is 17.6. The highest BCUT2D eigenvalue weighted by Gasteiger charge is 2.50. The Hall–Kier alpha value is -4.88. The molecule has 0 amide bonds. The maximum atomic E-state index is 13.2. The third kappa shape index (κ3) is 47.1. The van der Waals surface area contributed by atoms with Crippen molar-refractivity contribution in [3.63, 3.8) is 0 Å². The summed E-state index contributed by atoms with van der Waals surface area (Å²) in [7, 11) is 0. The minimum absolute atomic E-state index is 0.0124. The minimum Gasteiger partial charge on any atom is -0.479 e. The lowest BCUT2D eigenvalue weighted by molar-refractivity contribution is -0.301. The van der Waals surface area contributed by atoms with E-state index in [2.05, 4.69) is 142 Å². The number of hydrogen-bond donors (Lipinski definition) is 3. The molecule has 1 fully saturated rings. The summed E-state index contributed by atoms with van der Waals surface area (Å²) < 4.78 is 28.5. The second-order valence-electron chi connectivity index (χ2n) is 21.6. The second-order valence-corrected chi connectivity index (χ2v) is 21.6. The van der Waals surface area contributed by atoms with Crippen molar-refractivity contribution in [1.82, 2.24) is 0 Å². The zero-order valence-corrected chi connectivity index (χ0v) is 51.9. The summed E-state index contributed by atoms with van der Waals surface area (Å²) in [4.78, 5) is 51.4. The maximum Gasteiger partial charge on any atom is 0.335 e. The van der Waals surface area contributed by atoms with Crippen LogP contribution in [0, 0.1) is 0 Å². The Bertz CT molecular complexity index is 1900. The molecule has 0 aliphatic carbocycles. The van der Waals surface area contributed by atoms with E-state index >= 15 is 0 Å². The minimum atomic E-state index is -1.93. The fraction of sp³-hybridized carbons (Fsp3) is 0.662. The van der Waals surface area contributed by atoms with Crippen LogP contribution in [0.5, 0.6) is 0 Å². The van der Waals surface area contributed by atoms with E-state index in [1.54, 1.807) is 0 Å². The van der Waals surface area contributed by atoms with Crippen molar-refractivity contribution < 1.29 is 58.2 Å². The molecule has 3 N–H and O–H groups in total. The molecule has 1 rings (SSSR count). The van der Waals surface area contributed by atoms with Crippen LogP contribution >= 0.6 is 0 Å². The van der Waals surface area contributed by atoms with Gasteiger partial charge in [0, 0.05) is 19.3 Å². The number of aliphatic hydroxyl groups is 2. The first-order valence-electron chi connectivity index (χ1n) is 32.5. The lowest BCUT2D eigenvalue weighted by Crippen LogP contribution is -2.61. The summed E-state index contributed by atoms with van der Waals surface area (Å²) in [5.41, 5.74) is 0. The number of ether oxygens (including phenoxy) is 5. The fourth-order valence-corrected chi connectivity index (χ4v) is 9.09.